The first kappa shape index (κ1) is 15.9. The van der Waals surface area contributed by atoms with Crippen LogP contribution in [-0.2, 0) is 9.47 Å². The molecule has 1 aromatic rings. The normalized spacial score (nSPS) is 10.7. The fraction of sp³-hybridized carbons (Fsp3) is 0.727. The second-order valence-corrected chi connectivity index (χ2v) is 3.98. The van der Waals surface area contributed by atoms with Crippen molar-refractivity contribution >= 4 is 23.5 Å². The van der Waals surface area contributed by atoms with Gasteiger partial charge in [-0.3, -0.25) is 0 Å². The number of rotatable bonds is 9. The molecule has 0 bridgehead atoms. The predicted molar refractivity (Wildman–Crippen MR) is 74.4 cm³/mol. The summed E-state index contributed by atoms with van der Waals surface area (Å²) in [7, 11) is 0. The first-order valence-electron chi connectivity index (χ1n) is 6.24. The molecule has 0 unspecified atom stereocenters. The van der Waals surface area contributed by atoms with Gasteiger partial charge in [0, 0.05) is 26.3 Å². The average Bonchev–Trinajstić information content (AvgIpc) is 2.36. The Morgan fingerprint density at radius 1 is 1.05 bits per heavy atom. The summed E-state index contributed by atoms with van der Waals surface area (Å²) in [6.45, 7) is 7.66. The van der Waals surface area contributed by atoms with Gasteiger partial charge >= 0.3 is 0 Å². The summed E-state index contributed by atoms with van der Waals surface area (Å²) in [5.74, 6) is 0.546. The molecule has 0 aliphatic rings. The van der Waals surface area contributed by atoms with Gasteiger partial charge in [-0.25, -0.2) is 0 Å². The highest BCUT2D eigenvalue weighted by Crippen LogP contribution is 2.11. The Hall–Kier alpha value is -1.18. The Bertz CT molecular complexity index is 350. The molecule has 0 spiro atoms. The molecule has 0 amide bonds. The highest BCUT2D eigenvalue weighted by atomic mass is 35.5. The van der Waals surface area contributed by atoms with Gasteiger partial charge in [0.1, 0.15) is 0 Å². The molecular formula is C11H20ClN5O2. The number of nitrogen functional groups attached to an aromatic ring is 1. The molecule has 1 heterocycles. The summed E-state index contributed by atoms with van der Waals surface area (Å²) in [5, 5.41) is 0.0836. The minimum absolute atomic E-state index is 0.0836. The van der Waals surface area contributed by atoms with E-state index in [0.717, 1.165) is 0 Å². The van der Waals surface area contributed by atoms with E-state index in [0.29, 0.717) is 45.5 Å². The van der Waals surface area contributed by atoms with Crippen LogP contribution in [-0.4, -0.2) is 54.5 Å². The number of aromatic nitrogens is 3. The molecule has 7 nitrogen and oxygen atoms in total. The van der Waals surface area contributed by atoms with Crippen LogP contribution in [0.5, 0.6) is 0 Å². The van der Waals surface area contributed by atoms with E-state index in [1.165, 1.54) is 0 Å². The molecule has 0 aromatic carbocycles. The molecule has 19 heavy (non-hydrogen) atoms. The van der Waals surface area contributed by atoms with Gasteiger partial charge < -0.3 is 20.1 Å². The molecule has 0 saturated carbocycles. The highest BCUT2D eigenvalue weighted by molar-refractivity contribution is 6.28. The first-order chi connectivity index (χ1) is 9.17. The van der Waals surface area contributed by atoms with Crippen LogP contribution < -0.4 is 10.6 Å². The smallest absolute Gasteiger partial charge is 0.231 e. The van der Waals surface area contributed by atoms with Crippen LogP contribution >= 0.6 is 11.6 Å². The molecule has 108 valence electrons. The molecule has 0 aliphatic heterocycles. The maximum atomic E-state index is 5.79. The van der Waals surface area contributed by atoms with Crippen LogP contribution in [0.15, 0.2) is 0 Å². The van der Waals surface area contributed by atoms with Crippen LogP contribution in [0, 0.1) is 0 Å². The number of nitrogens with zero attached hydrogens (tertiary/aromatic N) is 4. The van der Waals surface area contributed by atoms with Gasteiger partial charge in [0.2, 0.25) is 17.2 Å². The van der Waals surface area contributed by atoms with Gasteiger partial charge in [0.15, 0.2) is 0 Å². The Kier molecular flexibility index (Phi) is 7.39. The van der Waals surface area contributed by atoms with Crippen molar-refractivity contribution in [2.75, 3.05) is 50.2 Å². The van der Waals surface area contributed by atoms with Gasteiger partial charge in [-0.05, 0) is 25.4 Å². The van der Waals surface area contributed by atoms with E-state index >= 15 is 0 Å². The summed E-state index contributed by atoms with van der Waals surface area (Å²) in [4.78, 5) is 13.8. The van der Waals surface area contributed by atoms with Crippen molar-refractivity contribution < 1.29 is 9.47 Å². The number of nitrogens with two attached hydrogens (primary N) is 1. The average molecular weight is 290 g/mol. The van der Waals surface area contributed by atoms with Gasteiger partial charge in [0.25, 0.3) is 0 Å². The maximum absolute atomic E-state index is 5.79. The zero-order chi connectivity index (χ0) is 14.1. The van der Waals surface area contributed by atoms with Crippen molar-refractivity contribution in [1.29, 1.82) is 0 Å². The minimum Gasteiger partial charge on any atom is -0.380 e. The summed E-state index contributed by atoms with van der Waals surface area (Å²) in [6, 6.07) is 0. The van der Waals surface area contributed by atoms with Crippen LogP contribution in [0.2, 0.25) is 5.28 Å². The number of ether oxygens (including phenoxy) is 2. The molecule has 8 heteroatoms. The van der Waals surface area contributed by atoms with Crippen molar-refractivity contribution in [2.45, 2.75) is 13.8 Å². The number of halogens is 1. The third-order valence-electron chi connectivity index (χ3n) is 2.32. The van der Waals surface area contributed by atoms with Gasteiger partial charge in [0.05, 0.1) is 13.2 Å². The van der Waals surface area contributed by atoms with Crippen molar-refractivity contribution in [2.24, 2.45) is 0 Å². The standard InChI is InChI=1S/C11H20ClN5O2/c1-3-18-7-5-17(6-8-19-4-2)11-15-9(12)14-10(13)16-11/h3-8H2,1-2H3,(H2,13,14,15,16). The summed E-state index contributed by atoms with van der Waals surface area (Å²) < 4.78 is 10.7. The Balaban J connectivity index is 2.69. The zero-order valence-corrected chi connectivity index (χ0v) is 12.1. The molecule has 1 rings (SSSR count). The quantitative estimate of drug-likeness (QED) is 0.678. The van der Waals surface area contributed by atoms with Crippen LogP contribution in [0.4, 0.5) is 11.9 Å². The van der Waals surface area contributed by atoms with E-state index in [1.807, 2.05) is 18.7 Å². The van der Waals surface area contributed by atoms with Gasteiger partial charge in [-0.2, -0.15) is 15.0 Å². The number of hydrogen-bond donors (Lipinski definition) is 1. The minimum atomic E-state index is 0.0836. The molecule has 1 aromatic heterocycles. The highest BCUT2D eigenvalue weighted by Gasteiger charge is 2.12. The molecule has 2 N–H and O–H groups in total. The van der Waals surface area contributed by atoms with Gasteiger partial charge in [-0.1, -0.05) is 0 Å². The number of hydrogen-bond acceptors (Lipinski definition) is 7. The summed E-state index contributed by atoms with van der Waals surface area (Å²) in [6.07, 6.45) is 0. The lowest BCUT2D eigenvalue weighted by Crippen LogP contribution is -2.33. The van der Waals surface area contributed by atoms with E-state index < -0.39 is 0 Å². The monoisotopic (exact) mass is 289 g/mol. The topological polar surface area (TPSA) is 86.4 Å². The second kappa shape index (κ2) is 8.84. The number of anilines is 2. The third kappa shape index (κ3) is 6.00. The Morgan fingerprint density at radius 2 is 1.63 bits per heavy atom. The second-order valence-electron chi connectivity index (χ2n) is 3.64. The van der Waals surface area contributed by atoms with Crippen LogP contribution in [0.1, 0.15) is 13.8 Å². The van der Waals surface area contributed by atoms with Crippen molar-refractivity contribution in [3.63, 3.8) is 0 Å². The van der Waals surface area contributed by atoms with E-state index in [-0.39, 0.29) is 11.2 Å². The van der Waals surface area contributed by atoms with E-state index in [4.69, 9.17) is 26.8 Å². The summed E-state index contributed by atoms with van der Waals surface area (Å²) >= 11 is 5.79. The van der Waals surface area contributed by atoms with Crippen LogP contribution in [0.3, 0.4) is 0 Å². The lowest BCUT2D eigenvalue weighted by Gasteiger charge is -2.22. The molecular weight excluding hydrogens is 270 g/mol. The lowest BCUT2D eigenvalue weighted by molar-refractivity contribution is 0.141. The Morgan fingerprint density at radius 3 is 2.11 bits per heavy atom. The lowest BCUT2D eigenvalue weighted by atomic mass is 10.5. The SMILES string of the molecule is CCOCCN(CCOCC)c1nc(N)nc(Cl)n1. The van der Waals surface area contributed by atoms with Gasteiger partial charge in [-0.15, -0.1) is 0 Å². The fourth-order valence-corrected chi connectivity index (χ4v) is 1.61. The molecule has 0 saturated heterocycles. The molecule has 0 radical (unpaired) electrons. The van der Waals surface area contributed by atoms with E-state index in [9.17, 15) is 0 Å². The molecule has 0 aliphatic carbocycles. The fourth-order valence-electron chi connectivity index (χ4n) is 1.45. The predicted octanol–water partition coefficient (Wildman–Crippen LogP) is 0.987. The molecule has 0 atom stereocenters. The largest absolute Gasteiger partial charge is 0.380 e. The first-order valence-corrected chi connectivity index (χ1v) is 6.62. The molecule has 0 fully saturated rings. The van der Waals surface area contributed by atoms with Crippen molar-refractivity contribution in [3.05, 3.63) is 5.28 Å². The Labute approximate surface area is 118 Å². The summed E-state index contributed by atoms with van der Waals surface area (Å²) in [5.41, 5.74) is 5.57. The van der Waals surface area contributed by atoms with Crippen molar-refractivity contribution in [1.82, 2.24) is 15.0 Å². The third-order valence-corrected chi connectivity index (χ3v) is 2.48. The van der Waals surface area contributed by atoms with E-state index in [1.54, 1.807) is 0 Å². The van der Waals surface area contributed by atoms with Crippen LogP contribution in [0.25, 0.3) is 0 Å². The maximum Gasteiger partial charge on any atom is 0.231 e. The van der Waals surface area contributed by atoms with Crippen molar-refractivity contribution in [3.8, 4) is 0 Å². The van der Waals surface area contributed by atoms with E-state index in [2.05, 4.69) is 15.0 Å². The zero-order valence-electron chi connectivity index (χ0n) is 11.3.